The van der Waals surface area contributed by atoms with Gasteiger partial charge in [0, 0.05) is 26.6 Å². The molecule has 2 amide bonds. The van der Waals surface area contributed by atoms with E-state index < -0.39 is 16.1 Å². The van der Waals surface area contributed by atoms with Gasteiger partial charge in [-0.2, -0.15) is 0 Å². The molecule has 0 saturated carbocycles. The molecule has 186 valence electrons. The van der Waals surface area contributed by atoms with Gasteiger partial charge in [-0.15, -0.1) is 0 Å². The van der Waals surface area contributed by atoms with Crippen molar-refractivity contribution in [2.75, 3.05) is 30.7 Å². The summed E-state index contributed by atoms with van der Waals surface area (Å²) < 4.78 is 26.4. The van der Waals surface area contributed by atoms with E-state index in [9.17, 15) is 18.0 Å². The fraction of sp³-hybridized carbons (Fsp3) is 0.462. The van der Waals surface area contributed by atoms with Gasteiger partial charge in [0.05, 0.1) is 11.9 Å². The van der Waals surface area contributed by atoms with Crippen molar-refractivity contribution in [2.24, 2.45) is 0 Å². The van der Waals surface area contributed by atoms with Crippen molar-refractivity contribution in [1.82, 2.24) is 10.2 Å². The van der Waals surface area contributed by atoms with Crippen LogP contribution in [0.15, 0.2) is 48.5 Å². The molecule has 0 fully saturated rings. The summed E-state index contributed by atoms with van der Waals surface area (Å²) in [5, 5.41) is 2.66. The third-order valence-electron chi connectivity index (χ3n) is 5.90. The molecule has 0 aliphatic carbocycles. The fourth-order valence-corrected chi connectivity index (χ4v) is 5.05. The number of carbonyl (C=O) groups excluding carboxylic acids is 2. The summed E-state index contributed by atoms with van der Waals surface area (Å²) >= 11 is 0. The second-order valence-corrected chi connectivity index (χ2v) is 10.5. The number of hydrogen-bond donors (Lipinski definition) is 1. The highest BCUT2D eigenvalue weighted by atomic mass is 32.2. The van der Waals surface area contributed by atoms with Crippen LogP contribution in [0.25, 0.3) is 0 Å². The Morgan fingerprint density at radius 1 is 1.03 bits per heavy atom. The van der Waals surface area contributed by atoms with Crippen LogP contribution >= 0.6 is 0 Å². The van der Waals surface area contributed by atoms with Crippen molar-refractivity contribution < 1.29 is 18.0 Å². The number of nitrogens with one attached hydrogen (secondary N) is 1. The molecule has 1 N–H and O–H groups in total. The van der Waals surface area contributed by atoms with Crippen LogP contribution in [-0.2, 0) is 26.0 Å². The molecule has 0 radical (unpaired) electrons. The van der Waals surface area contributed by atoms with Gasteiger partial charge in [-0.3, -0.25) is 13.9 Å². The van der Waals surface area contributed by atoms with E-state index in [0.29, 0.717) is 31.5 Å². The van der Waals surface area contributed by atoms with Gasteiger partial charge in [0.15, 0.2) is 0 Å². The monoisotopic (exact) mass is 487 g/mol. The second kappa shape index (κ2) is 12.6. The molecule has 0 heterocycles. The Bertz CT molecular complexity index is 1070. The lowest BCUT2D eigenvalue weighted by Gasteiger charge is -2.31. The molecule has 0 bridgehead atoms. The summed E-state index contributed by atoms with van der Waals surface area (Å²) in [6.07, 6.45) is 2.82. The van der Waals surface area contributed by atoms with E-state index in [-0.39, 0.29) is 24.8 Å². The maximum Gasteiger partial charge on any atom is 0.242 e. The summed E-state index contributed by atoms with van der Waals surface area (Å²) in [6, 6.07) is 15.0. The molecule has 2 aromatic rings. The Balaban J connectivity index is 2.16. The SMILES string of the molecule is CCC(C(=O)NC)N(CCc1ccccc1)C(=O)CCCN(c1cc(C)ccc1C)S(C)(=O)=O. The first-order valence-corrected chi connectivity index (χ1v) is 13.5. The molecule has 0 aliphatic heterocycles. The largest absolute Gasteiger partial charge is 0.357 e. The van der Waals surface area contributed by atoms with Crippen LogP contribution in [0.5, 0.6) is 0 Å². The van der Waals surface area contributed by atoms with Gasteiger partial charge < -0.3 is 10.2 Å². The molecule has 1 atom stereocenters. The minimum Gasteiger partial charge on any atom is -0.357 e. The number of nitrogens with zero attached hydrogens (tertiary/aromatic N) is 2. The lowest BCUT2D eigenvalue weighted by molar-refractivity contribution is -0.140. The van der Waals surface area contributed by atoms with E-state index in [1.165, 1.54) is 10.6 Å². The molecule has 1 unspecified atom stereocenters. The van der Waals surface area contributed by atoms with Gasteiger partial charge >= 0.3 is 0 Å². The van der Waals surface area contributed by atoms with E-state index in [1.807, 2.05) is 69.3 Å². The average molecular weight is 488 g/mol. The highest BCUT2D eigenvalue weighted by Crippen LogP contribution is 2.24. The standard InChI is InChI=1S/C26H37N3O4S/c1-6-23(26(31)27-4)28(18-16-22-11-8-7-9-12-22)25(30)13-10-17-29(34(5,32)33)24-19-20(2)14-15-21(24)3/h7-9,11-12,14-15,19,23H,6,10,13,16-18H2,1-5H3,(H,27,31). The van der Waals surface area contributed by atoms with Gasteiger partial charge in [-0.25, -0.2) is 8.42 Å². The minimum absolute atomic E-state index is 0.152. The van der Waals surface area contributed by atoms with Crippen molar-refractivity contribution in [2.45, 2.75) is 52.5 Å². The van der Waals surface area contributed by atoms with Gasteiger partial charge in [-0.05, 0) is 55.9 Å². The van der Waals surface area contributed by atoms with Crippen LogP contribution < -0.4 is 9.62 Å². The molecule has 8 heteroatoms. The van der Waals surface area contributed by atoms with Gasteiger partial charge in [0.1, 0.15) is 6.04 Å². The third kappa shape index (κ3) is 7.58. The molecule has 0 saturated heterocycles. The molecule has 0 aromatic heterocycles. The molecule has 34 heavy (non-hydrogen) atoms. The average Bonchev–Trinajstić information content (AvgIpc) is 2.80. The number of likely N-dealkylation sites (N-methyl/N-ethyl adjacent to an activating group) is 1. The zero-order chi connectivity index (χ0) is 25.3. The van der Waals surface area contributed by atoms with Crippen LogP contribution in [0.1, 0.15) is 42.9 Å². The summed E-state index contributed by atoms with van der Waals surface area (Å²) in [7, 11) is -1.95. The highest BCUT2D eigenvalue weighted by Gasteiger charge is 2.28. The van der Waals surface area contributed by atoms with E-state index in [2.05, 4.69) is 5.32 Å². The van der Waals surface area contributed by atoms with Crippen LogP contribution in [0.3, 0.4) is 0 Å². The Kier molecular flexibility index (Phi) is 10.1. The van der Waals surface area contributed by atoms with Crippen LogP contribution in [0.4, 0.5) is 5.69 Å². The zero-order valence-corrected chi connectivity index (χ0v) is 21.7. The van der Waals surface area contributed by atoms with Gasteiger partial charge in [0.25, 0.3) is 0 Å². The Morgan fingerprint density at radius 3 is 2.29 bits per heavy atom. The third-order valence-corrected chi connectivity index (χ3v) is 7.08. The van der Waals surface area contributed by atoms with E-state index >= 15 is 0 Å². The second-order valence-electron chi connectivity index (χ2n) is 8.59. The summed E-state index contributed by atoms with van der Waals surface area (Å²) in [5.74, 6) is -0.349. The molecule has 2 aromatic carbocycles. The molecule has 7 nitrogen and oxygen atoms in total. The molecule has 2 rings (SSSR count). The van der Waals surface area contributed by atoms with Gasteiger partial charge in [0.2, 0.25) is 21.8 Å². The van der Waals surface area contributed by atoms with E-state index in [1.54, 1.807) is 11.9 Å². The Labute approximate surface area is 204 Å². The van der Waals surface area contributed by atoms with Crippen LogP contribution in [-0.4, -0.2) is 57.6 Å². The molecular weight excluding hydrogens is 450 g/mol. The summed E-state index contributed by atoms with van der Waals surface area (Å²) in [6.45, 7) is 6.29. The quantitative estimate of drug-likeness (QED) is 0.497. The number of benzene rings is 2. The van der Waals surface area contributed by atoms with Crippen molar-refractivity contribution in [1.29, 1.82) is 0 Å². The highest BCUT2D eigenvalue weighted by molar-refractivity contribution is 7.92. The Morgan fingerprint density at radius 2 is 1.71 bits per heavy atom. The number of anilines is 1. The first-order chi connectivity index (χ1) is 16.1. The number of sulfonamides is 1. The maximum atomic E-state index is 13.3. The van der Waals surface area contributed by atoms with Crippen molar-refractivity contribution in [3.05, 3.63) is 65.2 Å². The smallest absolute Gasteiger partial charge is 0.242 e. The predicted octanol–water partition coefficient (Wildman–Crippen LogP) is 3.45. The maximum absolute atomic E-state index is 13.3. The number of rotatable bonds is 12. The zero-order valence-electron chi connectivity index (χ0n) is 20.9. The number of amides is 2. The number of aryl methyl sites for hydroxylation is 2. The normalized spacial score (nSPS) is 12.1. The fourth-order valence-electron chi connectivity index (χ4n) is 4.03. The van der Waals surface area contributed by atoms with Gasteiger partial charge in [-0.1, -0.05) is 49.4 Å². The lowest BCUT2D eigenvalue weighted by Crippen LogP contribution is -2.49. The first-order valence-electron chi connectivity index (χ1n) is 11.7. The van der Waals surface area contributed by atoms with Crippen molar-refractivity contribution in [3.63, 3.8) is 0 Å². The number of hydrogen-bond acceptors (Lipinski definition) is 4. The topological polar surface area (TPSA) is 86.8 Å². The van der Waals surface area contributed by atoms with E-state index in [4.69, 9.17) is 0 Å². The Hall–Kier alpha value is -2.87. The molecular formula is C26H37N3O4S. The van der Waals surface area contributed by atoms with Crippen LogP contribution in [0, 0.1) is 13.8 Å². The first kappa shape index (κ1) is 27.4. The summed E-state index contributed by atoms with van der Waals surface area (Å²) in [5.41, 5.74) is 3.55. The van der Waals surface area contributed by atoms with Crippen molar-refractivity contribution >= 4 is 27.5 Å². The molecule has 0 spiro atoms. The predicted molar refractivity (Wildman–Crippen MR) is 137 cm³/mol. The van der Waals surface area contributed by atoms with Crippen LogP contribution in [0.2, 0.25) is 0 Å². The molecule has 0 aliphatic rings. The minimum atomic E-state index is -3.52. The number of carbonyl (C=O) groups is 2. The lowest BCUT2D eigenvalue weighted by atomic mass is 10.1. The van der Waals surface area contributed by atoms with E-state index in [0.717, 1.165) is 16.7 Å². The summed E-state index contributed by atoms with van der Waals surface area (Å²) in [4.78, 5) is 27.4. The van der Waals surface area contributed by atoms with Crippen molar-refractivity contribution in [3.8, 4) is 0 Å².